The molecule has 1 aliphatic carbocycles. The summed E-state index contributed by atoms with van der Waals surface area (Å²) in [5, 5.41) is 12.8. The Morgan fingerprint density at radius 3 is 2.90 bits per heavy atom. The van der Waals surface area contributed by atoms with Crippen molar-refractivity contribution < 1.29 is 19.4 Å². The van der Waals surface area contributed by atoms with Crippen LogP contribution in [-0.2, 0) is 16.1 Å². The Morgan fingerprint density at radius 2 is 2.25 bits per heavy atom. The Morgan fingerprint density at radius 1 is 1.45 bits per heavy atom. The molecule has 108 valence electrons. The fourth-order valence-corrected chi connectivity index (χ4v) is 2.59. The molecule has 2 aliphatic rings. The van der Waals surface area contributed by atoms with Gasteiger partial charge in [-0.15, -0.1) is 0 Å². The lowest BCUT2D eigenvalue weighted by atomic mass is 10.1. The number of carboxylic acid groups (broad SMARTS) is 1. The molecule has 1 amide bonds. The zero-order chi connectivity index (χ0) is 14.1. The van der Waals surface area contributed by atoms with Crippen LogP contribution in [0.3, 0.4) is 0 Å². The standard InChI is InChI=1S/C13H17N3O4/c17-12(7-15-6-10(5-14-15)13(18)19)16-3-4-20-8-11(16)9-1-2-9/h5-6,9,11H,1-4,7-8H2,(H,18,19). The highest BCUT2D eigenvalue weighted by Crippen LogP contribution is 2.36. The van der Waals surface area contributed by atoms with Crippen LogP contribution in [0.25, 0.3) is 0 Å². The minimum atomic E-state index is -1.04. The molecule has 3 rings (SSSR count). The van der Waals surface area contributed by atoms with Crippen molar-refractivity contribution in [2.75, 3.05) is 19.8 Å². The number of ether oxygens (including phenoxy) is 1. The lowest BCUT2D eigenvalue weighted by molar-refractivity contribution is -0.141. The third kappa shape index (κ3) is 2.67. The van der Waals surface area contributed by atoms with Crippen LogP contribution in [0.5, 0.6) is 0 Å². The van der Waals surface area contributed by atoms with Gasteiger partial charge in [-0.3, -0.25) is 9.48 Å². The molecule has 0 bridgehead atoms. The molecule has 0 aromatic carbocycles. The molecule has 1 aliphatic heterocycles. The van der Waals surface area contributed by atoms with E-state index < -0.39 is 5.97 Å². The molecular formula is C13H17N3O4. The Labute approximate surface area is 116 Å². The number of hydrogen-bond donors (Lipinski definition) is 1. The zero-order valence-electron chi connectivity index (χ0n) is 11.1. The highest BCUT2D eigenvalue weighted by atomic mass is 16.5. The number of carbonyl (C=O) groups excluding carboxylic acids is 1. The van der Waals surface area contributed by atoms with Crippen molar-refractivity contribution in [3.8, 4) is 0 Å². The number of aromatic nitrogens is 2. The van der Waals surface area contributed by atoms with E-state index in [-0.39, 0.29) is 24.1 Å². The van der Waals surface area contributed by atoms with E-state index in [4.69, 9.17) is 9.84 Å². The van der Waals surface area contributed by atoms with Crippen molar-refractivity contribution in [2.24, 2.45) is 5.92 Å². The normalized spacial score (nSPS) is 22.8. The molecule has 1 aromatic rings. The van der Waals surface area contributed by atoms with Crippen LogP contribution in [0.15, 0.2) is 12.4 Å². The zero-order valence-corrected chi connectivity index (χ0v) is 11.1. The molecule has 1 saturated heterocycles. The fourth-order valence-electron chi connectivity index (χ4n) is 2.59. The van der Waals surface area contributed by atoms with Gasteiger partial charge in [0.05, 0.1) is 31.0 Å². The van der Waals surface area contributed by atoms with E-state index in [1.54, 1.807) is 0 Å². The third-order valence-electron chi connectivity index (χ3n) is 3.83. The molecule has 1 saturated carbocycles. The number of morpholine rings is 1. The summed E-state index contributed by atoms with van der Waals surface area (Å²) in [6.45, 7) is 1.86. The summed E-state index contributed by atoms with van der Waals surface area (Å²) in [4.78, 5) is 25.0. The minimum absolute atomic E-state index is 0.0229. The van der Waals surface area contributed by atoms with Crippen molar-refractivity contribution in [2.45, 2.75) is 25.4 Å². The predicted molar refractivity (Wildman–Crippen MR) is 68.2 cm³/mol. The highest BCUT2D eigenvalue weighted by Gasteiger charge is 2.39. The van der Waals surface area contributed by atoms with Gasteiger partial charge in [0.15, 0.2) is 0 Å². The maximum absolute atomic E-state index is 12.4. The topological polar surface area (TPSA) is 84.7 Å². The van der Waals surface area contributed by atoms with Crippen molar-refractivity contribution in [3.63, 3.8) is 0 Å². The summed E-state index contributed by atoms with van der Waals surface area (Å²) in [7, 11) is 0. The van der Waals surface area contributed by atoms with Crippen molar-refractivity contribution in [1.82, 2.24) is 14.7 Å². The van der Waals surface area contributed by atoms with Crippen LogP contribution in [0, 0.1) is 5.92 Å². The summed E-state index contributed by atoms with van der Waals surface area (Å²) < 4.78 is 6.84. The molecule has 0 radical (unpaired) electrons. The van der Waals surface area contributed by atoms with Crippen LogP contribution in [0.2, 0.25) is 0 Å². The minimum Gasteiger partial charge on any atom is -0.478 e. The molecule has 7 nitrogen and oxygen atoms in total. The predicted octanol–water partition coefficient (Wildman–Crippen LogP) is 0.219. The number of rotatable bonds is 4. The lowest BCUT2D eigenvalue weighted by Crippen LogP contribution is -2.50. The second-order valence-electron chi connectivity index (χ2n) is 5.30. The van der Waals surface area contributed by atoms with Crippen LogP contribution in [-0.4, -0.2) is 57.5 Å². The van der Waals surface area contributed by atoms with Gasteiger partial charge in [0, 0.05) is 12.7 Å². The van der Waals surface area contributed by atoms with Crippen LogP contribution >= 0.6 is 0 Å². The maximum Gasteiger partial charge on any atom is 0.338 e. The molecule has 1 unspecified atom stereocenters. The van der Waals surface area contributed by atoms with Gasteiger partial charge < -0.3 is 14.7 Å². The van der Waals surface area contributed by atoms with Crippen molar-refractivity contribution in [3.05, 3.63) is 18.0 Å². The first-order chi connectivity index (χ1) is 9.65. The van der Waals surface area contributed by atoms with Gasteiger partial charge in [0.2, 0.25) is 5.91 Å². The molecule has 0 spiro atoms. The monoisotopic (exact) mass is 279 g/mol. The number of hydrogen-bond acceptors (Lipinski definition) is 4. The number of aromatic carboxylic acids is 1. The molecule has 2 heterocycles. The Balaban J connectivity index is 1.66. The highest BCUT2D eigenvalue weighted by molar-refractivity contribution is 5.87. The molecule has 1 aromatic heterocycles. The average molecular weight is 279 g/mol. The van der Waals surface area contributed by atoms with Gasteiger partial charge in [0.1, 0.15) is 6.54 Å². The lowest BCUT2D eigenvalue weighted by Gasteiger charge is -2.35. The van der Waals surface area contributed by atoms with Crippen LogP contribution in [0.4, 0.5) is 0 Å². The summed E-state index contributed by atoms with van der Waals surface area (Å²) in [5.41, 5.74) is 0.0959. The molecule has 20 heavy (non-hydrogen) atoms. The Kier molecular flexibility index (Phi) is 3.43. The van der Waals surface area contributed by atoms with E-state index in [2.05, 4.69) is 5.10 Å². The van der Waals surface area contributed by atoms with Gasteiger partial charge in [0.25, 0.3) is 0 Å². The largest absolute Gasteiger partial charge is 0.478 e. The molecule has 7 heteroatoms. The van der Waals surface area contributed by atoms with E-state index in [0.29, 0.717) is 25.7 Å². The smallest absolute Gasteiger partial charge is 0.338 e. The van der Waals surface area contributed by atoms with Gasteiger partial charge in [-0.05, 0) is 18.8 Å². The summed E-state index contributed by atoms with van der Waals surface area (Å²) in [6, 6.07) is 0.172. The first-order valence-corrected chi connectivity index (χ1v) is 6.78. The van der Waals surface area contributed by atoms with E-state index in [9.17, 15) is 9.59 Å². The van der Waals surface area contributed by atoms with Crippen LogP contribution in [0.1, 0.15) is 23.2 Å². The maximum atomic E-state index is 12.4. The summed E-state index contributed by atoms with van der Waals surface area (Å²) in [5.74, 6) is -0.498. The summed E-state index contributed by atoms with van der Waals surface area (Å²) in [6.07, 6.45) is 4.95. The van der Waals surface area contributed by atoms with Gasteiger partial charge in [-0.1, -0.05) is 0 Å². The second kappa shape index (κ2) is 5.24. The van der Waals surface area contributed by atoms with Gasteiger partial charge in [-0.25, -0.2) is 4.79 Å². The number of amides is 1. The van der Waals surface area contributed by atoms with E-state index in [1.165, 1.54) is 17.1 Å². The second-order valence-corrected chi connectivity index (χ2v) is 5.30. The third-order valence-corrected chi connectivity index (χ3v) is 3.83. The first kappa shape index (κ1) is 13.1. The van der Waals surface area contributed by atoms with Gasteiger partial charge in [-0.2, -0.15) is 5.10 Å². The van der Waals surface area contributed by atoms with E-state index in [1.807, 2.05) is 4.90 Å². The molecule has 1 atom stereocenters. The molecule has 2 fully saturated rings. The first-order valence-electron chi connectivity index (χ1n) is 6.78. The SMILES string of the molecule is O=C(O)c1cnn(CC(=O)N2CCOCC2C2CC2)c1. The van der Waals surface area contributed by atoms with Crippen molar-refractivity contribution in [1.29, 1.82) is 0 Å². The summed E-state index contributed by atoms with van der Waals surface area (Å²) >= 11 is 0. The fraction of sp³-hybridized carbons (Fsp3) is 0.615. The van der Waals surface area contributed by atoms with E-state index >= 15 is 0 Å². The van der Waals surface area contributed by atoms with Gasteiger partial charge >= 0.3 is 5.97 Å². The van der Waals surface area contributed by atoms with Crippen molar-refractivity contribution >= 4 is 11.9 Å². The molecule has 1 N–H and O–H groups in total. The average Bonchev–Trinajstić information content (AvgIpc) is 3.18. The van der Waals surface area contributed by atoms with E-state index in [0.717, 1.165) is 12.8 Å². The number of carboxylic acids is 1. The Hall–Kier alpha value is -1.89. The number of nitrogens with zero attached hydrogens (tertiary/aromatic N) is 3. The molecular weight excluding hydrogens is 262 g/mol. The number of carbonyl (C=O) groups is 2. The Bertz CT molecular complexity index is 523. The van der Waals surface area contributed by atoms with Crippen LogP contribution < -0.4 is 0 Å². The quantitative estimate of drug-likeness (QED) is 0.852.